The normalized spacial score (nSPS) is 11.3. The SMILES string of the molecule is CCOC(=O)c1ccc(NC(=O)CSc2nnc(CNC(=O)c3ccc(S(=O)(=O)N(C)C)cc3)n2-c2cc(C)ccc2C)cc1. The number of carbonyl (C=O) groups is 3. The summed E-state index contributed by atoms with van der Waals surface area (Å²) in [5, 5.41) is 14.7. The molecule has 2 N–H and O–H groups in total. The molecule has 236 valence electrons. The molecule has 0 aliphatic carbocycles. The number of anilines is 1. The van der Waals surface area contributed by atoms with E-state index >= 15 is 0 Å². The number of aromatic nitrogens is 3. The molecule has 45 heavy (non-hydrogen) atoms. The summed E-state index contributed by atoms with van der Waals surface area (Å²) in [5.41, 5.74) is 3.96. The van der Waals surface area contributed by atoms with E-state index in [0.717, 1.165) is 21.1 Å². The highest BCUT2D eigenvalue weighted by atomic mass is 32.2. The smallest absolute Gasteiger partial charge is 0.338 e. The Bertz CT molecular complexity index is 1800. The van der Waals surface area contributed by atoms with Crippen molar-refractivity contribution < 1.29 is 27.5 Å². The van der Waals surface area contributed by atoms with Crippen molar-refractivity contribution in [2.45, 2.75) is 37.4 Å². The maximum Gasteiger partial charge on any atom is 0.338 e. The van der Waals surface area contributed by atoms with E-state index < -0.39 is 21.9 Å². The van der Waals surface area contributed by atoms with Gasteiger partial charge in [-0.2, -0.15) is 0 Å². The van der Waals surface area contributed by atoms with Crippen molar-refractivity contribution in [3.63, 3.8) is 0 Å². The minimum absolute atomic E-state index is 0.0243. The van der Waals surface area contributed by atoms with Crippen LogP contribution in [-0.4, -0.2) is 71.7 Å². The van der Waals surface area contributed by atoms with Gasteiger partial charge in [-0.05, 0) is 86.5 Å². The van der Waals surface area contributed by atoms with Gasteiger partial charge in [0, 0.05) is 25.3 Å². The van der Waals surface area contributed by atoms with Crippen LogP contribution in [0.5, 0.6) is 0 Å². The number of rotatable bonds is 12. The molecule has 0 unspecified atom stereocenters. The van der Waals surface area contributed by atoms with Crippen molar-refractivity contribution in [2.24, 2.45) is 0 Å². The monoisotopic (exact) mass is 650 g/mol. The molecule has 0 aliphatic heterocycles. The van der Waals surface area contributed by atoms with E-state index in [-0.39, 0.29) is 35.3 Å². The largest absolute Gasteiger partial charge is 0.462 e. The van der Waals surface area contributed by atoms with E-state index in [0.29, 0.717) is 22.2 Å². The summed E-state index contributed by atoms with van der Waals surface area (Å²) < 4.78 is 32.6. The third-order valence-electron chi connectivity index (χ3n) is 6.62. The van der Waals surface area contributed by atoms with E-state index in [1.807, 2.05) is 32.0 Å². The molecule has 4 aromatic rings. The molecule has 12 nitrogen and oxygen atoms in total. The Kier molecular flexibility index (Phi) is 10.8. The zero-order valence-corrected chi connectivity index (χ0v) is 27.2. The summed E-state index contributed by atoms with van der Waals surface area (Å²) in [5.74, 6) is -0.661. The first-order valence-electron chi connectivity index (χ1n) is 13.9. The first-order valence-corrected chi connectivity index (χ1v) is 16.4. The number of nitrogens with zero attached hydrogens (tertiary/aromatic N) is 4. The van der Waals surface area contributed by atoms with E-state index in [4.69, 9.17) is 4.74 Å². The van der Waals surface area contributed by atoms with Crippen molar-refractivity contribution in [1.82, 2.24) is 24.4 Å². The highest BCUT2D eigenvalue weighted by Crippen LogP contribution is 2.26. The van der Waals surface area contributed by atoms with Crippen LogP contribution in [0.4, 0.5) is 5.69 Å². The topological polar surface area (TPSA) is 153 Å². The van der Waals surface area contributed by atoms with Crippen LogP contribution in [0, 0.1) is 13.8 Å². The summed E-state index contributed by atoms with van der Waals surface area (Å²) in [6, 6.07) is 18.0. The van der Waals surface area contributed by atoms with Crippen LogP contribution < -0.4 is 10.6 Å². The first-order chi connectivity index (χ1) is 21.4. The predicted octanol–water partition coefficient (Wildman–Crippen LogP) is 3.97. The third-order valence-corrected chi connectivity index (χ3v) is 9.38. The number of aryl methyl sites for hydroxylation is 2. The fourth-order valence-electron chi connectivity index (χ4n) is 4.19. The lowest BCUT2D eigenvalue weighted by Gasteiger charge is -2.14. The van der Waals surface area contributed by atoms with E-state index in [9.17, 15) is 22.8 Å². The van der Waals surface area contributed by atoms with Crippen molar-refractivity contribution in [1.29, 1.82) is 0 Å². The molecule has 1 heterocycles. The average molecular weight is 651 g/mol. The molecule has 0 spiro atoms. The molecule has 0 saturated heterocycles. The standard InChI is InChI=1S/C31H34N6O6S2/c1-6-43-30(40)23-9-13-24(14-10-23)33-28(38)19-44-31-35-34-27(37(31)26-17-20(2)7-8-21(26)3)18-32-29(39)22-11-15-25(16-12-22)45(41,42)36(4)5/h7-17H,6,18-19H2,1-5H3,(H,32,39)(H,33,38). The van der Waals surface area contributed by atoms with Crippen LogP contribution in [0.15, 0.2) is 76.8 Å². The number of hydrogen-bond acceptors (Lipinski definition) is 9. The summed E-state index contributed by atoms with van der Waals surface area (Å²) in [6.45, 7) is 5.93. The van der Waals surface area contributed by atoms with Crippen molar-refractivity contribution in [3.05, 3.63) is 94.8 Å². The second kappa shape index (κ2) is 14.5. The molecule has 0 aliphatic rings. The highest BCUT2D eigenvalue weighted by Gasteiger charge is 2.20. The maximum atomic E-state index is 13.0. The molecule has 0 atom stereocenters. The molecule has 0 fully saturated rings. The van der Waals surface area contributed by atoms with E-state index in [1.165, 1.54) is 50.1 Å². The Morgan fingerprint density at radius 3 is 2.24 bits per heavy atom. The van der Waals surface area contributed by atoms with Crippen molar-refractivity contribution >= 4 is 45.3 Å². The first kappa shape index (κ1) is 33.4. The van der Waals surface area contributed by atoms with Crippen molar-refractivity contribution in [3.8, 4) is 5.69 Å². The predicted molar refractivity (Wildman–Crippen MR) is 171 cm³/mol. The van der Waals surface area contributed by atoms with Gasteiger partial charge in [0.1, 0.15) is 0 Å². The zero-order valence-electron chi connectivity index (χ0n) is 25.5. The van der Waals surface area contributed by atoms with Gasteiger partial charge in [0.2, 0.25) is 15.9 Å². The number of sulfonamides is 1. The third kappa shape index (κ3) is 8.15. The van der Waals surface area contributed by atoms with Gasteiger partial charge in [-0.3, -0.25) is 14.2 Å². The summed E-state index contributed by atoms with van der Waals surface area (Å²) in [6.07, 6.45) is 0. The molecule has 4 rings (SSSR count). The number of carbonyl (C=O) groups excluding carboxylic acids is 3. The second-order valence-corrected chi connectivity index (χ2v) is 13.2. The molecule has 14 heteroatoms. The fraction of sp³-hybridized carbons (Fsp3) is 0.258. The Morgan fingerprint density at radius 1 is 0.933 bits per heavy atom. The Morgan fingerprint density at radius 2 is 1.60 bits per heavy atom. The molecule has 3 aromatic carbocycles. The van der Waals surface area contributed by atoms with Gasteiger partial charge in [0.05, 0.1) is 35.1 Å². The Labute approximate surface area is 266 Å². The molecular weight excluding hydrogens is 617 g/mol. The number of nitrogens with one attached hydrogen (secondary N) is 2. The Balaban J connectivity index is 1.49. The number of amides is 2. The molecular formula is C31H34N6O6S2. The Hall–Kier alpha value is -4.53. The maximum absolute atomic E-state index is 13.0. The minimum Gasteiger partial charge on any atom is -0.462 e. The van der Waals surface area contributed by atoms with Gasteiger partial charge >= 0.3 is 5.97 Å². The van der Waals surface area contributed by atoms with Crippen LogP contribution in [0.1, 0.15) is 44.6 Å². The minimum atomic E-state index is -3.62. The van der Waals surface area contributed by atoms with Crippen molar-refractivity contribution in [2.75, 3.05) is 31.8 Å². The number of hydrogen-bond donors (Lipinski definition) is 2. The molecule has 2 amide bonds. The van der Waals surface area contributed by atoms with Gasteiger partial charge < -0.3 is 15.4 Å². The van der Waals surface area contributed by atoms with Gasteiger partial charge in [-0.1, -0.05) is 23.9 Å². The summed E-state index contributed by atoms with van der Waals surface area (Å²) in [4.78, 5) is 37.7. The van der Waals surface area contributed by atoms with Crippen LogP contribution in [-0.2, 0) is 26.1 Å². The zero-order chi connectivity index (χ0) is 32.7. The lowest BCUT2D eigenvalue weighted by molar-refractivity contribution is -0.113. The van der Waals surface area contributed by atoms with Gasteiger partial charge in [0.15, 0.2) is 11.0 Å². The molecule has 0 bridgehead atoms. The lowest BCUT2D eigenvalue weighted by atomic mass is 10.1. The summed E-state index contributed by atoms with van der Waals surface area (Å²) in [7, 11) is -0.742. The van der Waals surface area contributed by atoms with Crippen LogP contribution in [0.2, 0.25) is 0 Å². The van der Waals surface area contributed by atoms with Crippen LogP contribution in [0.25, 0.3) is 5.69 Å². The molecule has 0 saturated carbocycles. The number of benzene rings is 3. The fourth-order valence-corrected chi connectivity index (χ4v) is 5.86. The van der Waals surface area contributed by atoms with E-state index in [1.54, 1.807) is 35.8 Å². The van der Waals surface area contributed by atoms with Gasteiger partial charge in [0.25, 0.3) is 5.91 Å². The number of ether oxygens (including phenoxy) is 1. The molecule has 0 radical (unpaired) electrons. The van der Waals surface area contributed by atoms with Gasteiger partial charge in [-0.25, -0.2) is 17.5 Å². The number of esters is 1. The lowest BCUT2D eigenvalue weighted by Crippen LogP contribution is -2.25. The second-order valence-electron chi connectivity index (χ2n) is 10.2. The van der Waals surface area contributed by atoms with Crippen LogP contribution >= 0.6 is 11.8 Å². The highest BCUT2D eigenvalue weighted by molar-refractivity contribution is 7.99. The number of thioether (sulfide) groups is 1. The summed E-state index contributed by atoms with van der Waals surface area (Å²) >= 11 is 1.19. The quantitative estimate of drug-likeness (QED) is 0.171. The van der Waals surface area contributed by atoms with E-state index in [2.05, 4.69) is 20.8 Å². The van der Waals surface area contributed by atoms with Gasteiger partial charge in [-0.15, -0.1) is 10.2 Å². The molecule has 1 aromatic heterocycles. The van der Waals surface area contributed by atoms with Crippen LogP contribution in [0.3, 0.4) is 0 Å². The average Bonchev–Trinajstić information content (AvgIpc) is 3.42.